The van der Waals surface area contributed by atoms with Gasteiger partial charge in [-0.3, -0.25) is 0 Å². The van der Waals surface area contributed by atoms with Crippen molar-refractivity contribution in [3.05, 3.63) is 59.7 Å². The highest BCUT2D eigenvalue weighted by molar-refractivity contribution is 5.88. The van der Waals surface area contributed by atoms with E-state index in [-0.39, 0.29) is 5.56 Å². The first kappa shape index (κ1) is 13.9. The van der Waals surface area contributed by atoms with Gasteiger partial charge in [0.05, 0.1) is 12.2 Å². The molecule has 0 aliphatic carbocycles. The molecule has 0 atom stereocenters. The first-order valence-electron chi connectivity index (χ1n) is 6.48. The Bertz CT molecular complexity index is 596. The molecule has 0 unspecified atom stereocenters. The molecule has 0 heterocycles. The minimum absolute atomic E-state index is 0.271. The smallest absolute Gasteiger partial charge is 0.335 e. The van der Waals surface area contributed by atoms with Gasteiger partial charge in [0.1, 0.15) is 5.75 Å². The highest BCUT2D eigenvalue weighted by atomic mass is 16.5. The Morgan fingerprint density at radius 3 is 2.75 bits per heavy atom. The lowest BCUT2D eigenvalue weighted by Crippen LogP contribution is -2.04. The van der Waals surface area contributed by atoms with Crippen molar-refractivity contribution in [2.75, 3.05) is 11.9 Å². The van der Waals surface area contributed by atoms with Crippen molar-refractivity contribution < 1.29 is 14.6 Å². The summed E-state index contributed by atoms with van der Waals surface area (Å²) in [4.78, 5) is 10.9. The van der Waals surface area contributed by atoms with Crippen LogP contribution in [0.2, 0.25) is 0 Å². The van der Waals surface area contributed by atoms with E-state index in [0.29, 0.717) is 13.2 Å². The number of anilines is 1. The van der Waals surface area contributed by atoms with Crippen LogP contribution in [0.1, 0.15) is 22.8 Å². The predicted molar refractivity (Wildman–Crippen MR) is 78.3 cm³/mol. The zero-order valence-corrected chi connectivity index (χ0v) is 11.3. The molecule has 2 aromatic rings. The van der Waals surface area contributed by atoms with Crippen LogP contribution in [0.15, 0.2) is 48.5 Å². The summed E-state index contributed by atoms with van der Waals surface area (Å²) in [6.45, 7) is 3.14. The molecule has 2 rings (SSSR count). The molecule has 4 nitrogen and oxygen atoms in total. The van der Waals surface area contributed by atoms with E-state index in [2.05, 4.69) is 5.32 Å². The Labute approximate surface area is 118 Å². The molecule has 0 aliphatic rings. The van der Waals surface area contributed by atoms with E-state index in [1.54, 1.807) is 18.2 Å². The first-order chi connectivity index (χ1) is 9.70. The van der Waals surface area contributed by atoms with Crippen LogP contribution in [0.3, 0.4) is 0 Å². The summed E-state index contributed by atoms with van der Waals surface area (Å²) in [5, 5.41) is 12.2. The van der Waals surface area contributed by atoms with E-state index >= 15 is 0 Å². The second-order valence-electron chi connectivity index (χ2n) is 4.28. The van der Waals surface area contributed by atoms with E-state index in [1.807, 2.05) is 37.3 Å². The minimum Gasteiger partial charge on any atom is -0.494 e. The third-order valence-electron chi connectivity index (χ3n) is 2.86. The number of hydrogen-bond donors (Lipinski definition) is 2. The van der Waals surface area contributed by atoms with Gasteiger partial charge in [0.15, 0.2) is 0 Å². The van der Waals surface area contributed by atoms with Crippen LogP contribution in [-0.2, 0) is 6.54 Å². The van der Waals surface area contributed by atoms with E-state index in [4.69, 9.17) is 9.84 Å². The number of carbonyl (C=O) groups is 1. The monoisotopic (exact) mass is 271 g/mol. The Morgan fingerprint density at radius 2 is 2.00 bits per heavy atom. The molecule has 0 saturated carbocycles. The summed E-state index contributed by atoms with van der Waals surface area (Å²) in [5.74, 6) is -0.0831. The zero-order chi connectivity index (χ0) is 14.4. The van der Waals surface area contributed by atoms with E-state index < -0.39 is 5.97 Å². The lowest BCUT2D eigenvalue weighted by Gasteiger charge is -2.12. The van der Waals surface area contributed by atoms with Gasteiger partial charge in [-0.2, -0.15) is 0 Å². The van der Waals surface area contributed by atoms with Crippen LogP contribution in [-0.4, -0.2) is 17.7 Å². The molecule has 2 N–H and O–H groups in total. The van der Waals surface area contributed by atoms with Crippen LogP contribution in [0.5, 0.6) is 5.75 Å². The van der Waals surface area contributed by atoms with Crippen molar-refractivity contribution in [2.45, 2.75) is 13.5 Å². The lowest BCUT2D eigenvalue weighted by molar-refractivity contribution is 0.0697. The fourth-order valence-corrected chi connectivity index (χ4v) is 1.91. The first-order valence-corrected chi connectivity index (χ1v) is 6.48. The Morgan fingerprint density at radius 1 is 1.20 bits per heavy atom. The molecule has 0 fully saturated rings. The molecule has 0 bridgehead atoms. The van der Waals surface area contributed by atoms with Gasteiger partial charge in [0, 0.05) is 17.8 Å². The van der Waals surface area contributed by atoms with Gasteiger partial charge in [-0.25, -0.2) is 4.79 Å². The van der Waals surface area contributed by atoms with Gasteiger partial charge in [-0.1, -0.05) is 24.3 Å². The fraction of sp³-hybridized carbons (Fsp3) is 0.188. The second-order valence-corrected chi connectivity index (χ2v) is 4.28. The van der Waals surface area contributed by atoms with Gasteiger partial charge >= 0.3 is 5.97 Å². The van der Waals surface area contributed by atoms with Crippen molar-refractivity contribution in [1.29, 1.82) is 0 Å². The number of hydrogen-bond acceptors (Lipinski definition) is 3. The highest BCUT2D eigenvalue weighted by Crippen LogP contribution is 2.20. The van der Waals surface area contributed by atoms with Gasteiger partial charge in [0.2, 0.25) is 0 Å². The van der Waals surface area contributed by atoms with Crippen LogP contribution in [0.4, 0.5) is 5.69 Å². The normalized spacial score (nSPS) is 10.1. The van der Waals surface area contributed by atoms with Crippen LogP contribution in [0, 0.1) is 0 Å². The molecule has 0 aliphatic heterocycles. The fourth-order valence-electron chi connectivity index (χ4n) is 1.91. The largest absolute Gasteiger partial charge is 0.494 e. The standard InChI is InChI=1S/C16H17NO3/c1-2-20-15-9-4-3-6-13(15)11-17-14-8-5-7-12(10-14)16(18)19/h3-10,17H,2,11H2,1H3,(H,18,19). The molecule has 0 aromatic heterocycles. The number of carboxylic acid groups (broad SMARTS) is 1. The number of para-hydroxylation sites is 1. The molecule has 0 radical (unpaired) electrons. The quantitative estimate of drug-likeness (QED) is 0.845. The molecule has 104 valence electrons. The third kappa shape index (κ3) is 3.51. The van der Waals surface area contributed by atoms with Crippen LogP contribution >= 0.6 is 0 Å². The van der Waals surface area contributed by atoms with E-state index in [1.165, 1.54) is 0 Å². The van der Waals surface area contributed by atoms with Crippen molar-refractivity contribution in [1.82, 2.24) is 0 Å². The molecule has 2 aromatic carbocycles. The highest BCUT2D eigenvalue weighted by Gasteiger charge is 2.05. The summed E-state index contributed by atoms with van der Waals surface area (Å²) < 4.78 is 5.55. The average Bonchev–Trinajstić information content (AvgIpc) is 2.47. The zero-order valence-electron chi connectivity index (χ0n) is 11.3. The SMILES string of the molecule is CCOc1ccccc1CNc1cccc(C(=O)O)c1. The predicted octanol–water partition coefficient (Wildman–Crippen LogP) is 3.40. The van der Waals surface area contributed by atoms with Crippen LogP contribution in [0.25, 0.3) is 0 Å². The summed E-state index contributed by atoms with van der Waals surface area (Å²) >= 11 is 0. The number of ether oxygens (including phenoxy) is 1. The summed E-state index contributed by atoms with van der Waals surface area (Å²) in [6, 6.07) is 14.5. The maximum absolute atomic E-state index is 10.9. The van der Waals surface area contributed by atoms with Crippen molar-refractivity contribution >= 4 is 11.7 Å². The van der Waals surface area contributed by atoms with Gasteiger partial charge in [0.25, 0.3) is 0 Å². The number of benzene rings is 2. The number of carboxylic acids is 1. The molecular weight excluding hydrogens is 254 g/mol. The van der Waals surface area contributed by atoms with Gasteiger partial charge < -0.3 is 15.2 Å². The average molecular weight is 271 g/mol. The minimum atomic E-state index is -0.927. The maximum atomic E-state index is 10.9. The van der Waals surface area contributed by atoms with E-state index in [0.717, 1.165) is 17.0 Å². The number of nitrogens with one attached hydrogen (secondary N) is 1. The molecule has 4 heteroatoms. The van der Waals surface area contributed by atoms with Crippen molar-refractivity contribution in [3.63, 3.8) is 0 Å². The summed E-state index contributed by atoms with van der Waals surface area (Å²) in [5.41, 5.74) is 2.08. The molecule has 0 amide bonds. The molecular formula is C16H17NO3. The van der Waals surface area contributed by atoms with Gasteiger partial charge in [-0.05, 0) is 31.2 Å². The van der Waals surface area contributed by atoms with Gasteiger partial charge in [-0.15, -0.1) is 0 Å². The Hall–Kier alpha value is -2.49. The number of rotatable bonds is 6. The lowest BCUT2D eigenvalue weighted by atomic mass is 10.1. The summed E-state index contributed by atoms with van der Waals surface area (Å²) in [7, 11) is 0. The second kappa shape index (κ2) is 6.61. The van der Waals surface area contributed by atoms with Crippen molar-refractivity contribution in [3.8, 4) is 5.75 Å². The summed E-state index contributed by atoms with van der Waals surface area (Å²) in [6.07, 6.45) is 0. The topological polar surface area (TPSA) is 58.6 Å². The van der Waals surface area contributed by atoms with Crippen molar-refractivity contribution in [2.24, 2.45) is 0 Å². The number of aromatic carboxylic acids is 1. The molecule has 20 heavy (non-hydrogen) atoms. The maximum Gasteiger partial charge on any atom is 0.335 e. The molecule has 0 spiro atoms. The Balaban J connectivity index is 2.09. The van der Waals surface area contributed by atoms with E-state index in [9.17, 15) is 4.79 Å². The Kier molecular flexibility index (Phi) is 4.60. The van der Waals surface area contributed by atoms with Crippen LogP contribution < -0.4 is 10.1 Å². The molecule has 0 saturated heterocycles. The third-order valence-corrected chi connectivity index (χ3v) is 2.86.